The first-order valence-electron chi connectivity index (χ1n) is 44.8. The zero-order valence-corrected chi connectivity index (χ0v) is 69.0. The van der Waals surface area contributed by atoms with Crippen molar-refractivity contribution in [3.05, 3.63) is 85.1 Å². The van der Waals surface area contributed by atoms with E-state index in [4.69, 9.17) is 18.9 Å². The van der Waals surface area contributed by atoms with Gasteiger partial charge in [0.1, 0.15) is 13.2 Å². The summed E-state index contributed by atoms with van der Waals surface area (Å²) in [5, 5.41) is 9.79. The van der Waals surface area contributed by atoms with Gasteiger partial charge in [0, 0.05) is 12.8 Å². The van der Waals surface area contributed by atoms with Crippen molar-refractivity contribution in [2.45, 2.75) is 450 Å². The van der Waals surface area contributed by atoms with E-state index in [1.54, 1.807) is 0 Å². The van der Waals surface area contributed by atoms with Crippen molar-refractivity contribution in [2.24, 2.45) is 0 Å². The average molecular weight is 1440 g/mol. The molecule has 0 saturated heterocycles. The number of allylic oxidation sites excluding steroid dienone is 14. The van der Waals surface area contributed by atoms with E-state index in [1.165, 1.54) is 327 Å². The van der Waals surface area contributed by atoms with Gasteiger partial charge in [-0.15, -0.1) is 0 Å². The fourth-order valence-electron chi connectivity index (χ4n) is 13.4. The third-order valence-corrected chi connectivity index (χ3v) is 20.2. The fourth-order valence-corrected chi connectivity index (χ4v) is 13.4. The molecule has 2 unspecified atom stereocenters. The third kappa shape index (κ3) is 85.6. The number of hydrogen-bond donors (Lipinski definition) is 1. The number of carbonyl (C=O) groups excluding carboxylic acids is 2. The highest BCUT2D eigenvalue weighted by Crippen LogP contribution is 2.21. The number of carbonyl (C=O) groups is 3. The maximum atomic E-state index is 13.0. The van der Waals surface area contributed by atoms with Gasteiger partial charge in [0.05, 0.1) is 34.4 Å². The van der Waals surface area contributed by atoms with Crippen LogP contribution in [0.1, 0.15) is 438 Å². The third-order valence-electron chi connectivity index (χ3n) is 20.2. The van der Waals surface area contributed by atoms with E-state index in [2.05, 4.69) is 98.9 Å². The normalized spacial score (nSPS) is 13.0. The van der Waals surface area contributed by atoms with Gasteiger partial charge < -0.3 is 28.5 Å². The smallest absolute Gasteiger partial charge is 0.361 e. The Morgan fingerprint density at radius 3 is 0.825 bits per heavy atom. The maximum Gasteiger partial charge on any atom is 0.361 e. The van der Waals surface area contributed by atoms with E-state index in [9.17, 15) is 19.5 Å². The van der Waals surface area contributed by atoms with Gasteiger partial charge in [0.2, 0.25) is 0 Å². The number of unbranched alkanes of at least 4 members (excludes halogenated alkanes) is 55. The number of ether oxygens (including phenoxy) is 4. The highest BCUT2D eigenvalue weighted by atomic mass is 16.7. The maximum absolute atomic E-state index is 13.0. The van der Waals surface area contributed by atoms with E-state index >= 15 is 0 Å². The number of hydrogen-bond acceptors (Lipinski definition) is 7. The van der Waals surface area contributed by atoms with Crippen LogP contribution in [0.4, 0.5) is 0 Å². The lowest BCUT2D eigenvalue weighted by Gasteiger charge is -2.25. The largest absolute Gasteiger partial charge is 0.477 e. The van der Waals surface area contributed by atoms with E-state index in [0.717, 1.165) is 83.5 Å². The molecule has 0 aromatic heterocycles. The lowest BCUT2D eigenvalue weighted by atomic mass is 10.0. The van der Waals surface area contributed by atoms with E-state index in [0.29, 0.717) is 17.4 Å². The average Bonchev–Trinajstić information content (AvgIpc) is 1.01. The predicted molar refractivity (Wildman–Crippen MR) is 447 cm³/mol. The Bertz CT molecular complexity index is 1980. The molecule has 1 N–H and O–H groups in total. The molecule has 0 aromatic rings. The van der Waals surface area contributed by atoms with E-state index in [-0.39, 0.29) is 38.2 Å². The molecule has 0 aliphatic heterocycles. The van der Waals surface area contributed by atoms with Crippen molar-refractivity contribution in [2.75, 3.05) is 47.5 Å². The van der Waals surface area contributed by atoms with Gasteiger partial charge in [0.15, 0.2) is 6.10 Å². The van der Waals surface area contributed by atoms with Gasteiger partial charge in [-0.05, 0) is 70.6 Å². The molecule has 0 heterocycles. The molecule has 0 rings (SSSR count). The summed E-state index contributed by atoms with van der Waals surface area (Å²) >= 11 is 0. The monoisotopic (exact) mass is 1440 g/mol. The highest BCUT2D eigenvalue weighted by molar-refractivity contribution is 5.71. The highest BCUT2D eigenvalue weighted by Gasteiger charge is 2.25. The molecule has 103 heavy (non-hydrogen) atoms. The van der Waals surface area contributed by atoms with Crippen LogP contribution in [0.25, 0.3) is 0 Å². The Balaban J connectivity index is 3.93. The standard InChI is InChI=1S/C94H171NO8/c1-6-8-10-12-14-16-18-20-22-24-26-28-30-32-34-36-38-40-42-44-45-46-47-49-51-53-55-57-59-61-63-65-67-69-71-73-75-77-79-81-83-85-92(97)103-90(89-102-94(93(98)99)100-87-86-95(3,4)5)88-101-91(96)84-82-80-78-76-74-72-70-68-66-64-62-60-58-56-54-52-50-48-43-41-39-37-35-33-31-29-27-25-23-21-19-17-15-13-11-9-7-2/h8,10,14,16,20,22,26,28,32,34,38,40,44-45,90,94H,6-7,9,11-13,15,17-19,21,23-25,27,29-31,33,35-37,39,41-43,46-89H2,1-5H3/p+1/b10-8-,16-14-,22-20-,28-26-,34-32-,40-38-,45-44-. The number of carboxylic acid groups (broad SMARTS) is 1. The summed E-state index contributed by atoms with van der Waals surface area (Å²) in [6, 6.07) is 0. The molecule has 0 aromatic carbocycles. The summed E-state index contributed by atoms with van der Waals surface area (Å²) in [7, 11) is 6.00. The van der Waals surface area contributed by atoms with Gasteiger partial charge in [-0.1, -0.05) is 439 Å². The summed E-state index contributed by atoms with van der Waals surface area (Å²) in [6.45, 7) is 4.84. The summed E-state index contributed by atoms with van der Waals surface area (Å²) < 4.78 is 23.1. The molecular formula is C94H172NO8+. The van der Waals surface area contributed by atoms with Crippen molar-refractivity contribution in [3.63, 3.8) is 0 Å². The molecule has 0 bridgehead atoms. The van der Waals surface area contributed by atoms with Crippen molar-refractivity contribution in [1.82, 2.24) is 0 Å². The lowest BCUT2D eigenvalue weighted by molar-refractivity contribution is -0.870. The second kappa shape index (κ2) is 84.1. The molecule has 0 amide bonds. The van der Waals surface area contributed by atoms with Gasteiger partial charge in [-0.3, -0.25) is 9.59 Å². The SMILES string of the molecule is CC/C=C\C/C=C\C/C=C\C/C=C\C/C=C\C/C=C\C/C=C\CCCCCCCCCCCCCCCCCCCCCC(=O)OC(COC(=O)CCCCCCCCCCCCCCCCCCCCCCCCCCCCCCCCCCCCCCC)COC(OCC[N+](C)(C)C)C(=O)O. The van der Waals surface area contributed by atoms with Crippen LogP contribution >= 0.6 is 0 Å². The number of nitrogens with zero attached hydrogens (tertiary/aromatic N) is 1. The Morgan fingerprint density at radius 2 is 0.553 bits per heavy atom. The Hall–Kier alpha value is -3.53. The Morgan fingerprint density at radius 1 is 0.301 bits per heavy atom. The summed E-state index contributed by atoms with van der Waals surface area (Å²) in [4.78, 5) is 37.8. The van der Waals surface area contributed by atoms with Crippen LogP contribution in [-0.4, -0.2) is 87.4 Å². The minimum atomic E-state index is -1.51. The molecular weight excluding hydrogens is 1270 g/mol. The molecule has 9 nitrogen and oxygen atoms in total. The van der Waals surface area contributed by atoms with Crippen molar-refractivity contribution in [3.8, 4) is 0 Å². The van der Waals surface area contributed by atoms with Crippen LogP contribution in [0.15, 0.2) is 85.1 Å². The van der Waals surface area contributed by atoms with Crippen LogP contribution in [0.5, 0.6) is 0 Å². The van der Waals surface area contributed by atoms with Gasteiger partial charge in [-0.25, -0.2) is 4.79 Å². The molecule has 0 spiro atoms. The van der Waals surface area contributed by atoms with E-state index < -0.39 is 18.4 Å². The quantitative estimate of drug-likeness (QED) is 0.0211. The number of likely N-dealkylation sites (N-methyl/N-ethyl adjacent to an activating group) is 1. The molecule has 0 aliphatic rings. The van der Waals surface area contributed by atoms with Crippen LogP contribution in [0.2, 0.25) is 0 Å². The van der Waals surface area contributed by atoms with Crippen LogP contribution in [-0.2, 0) is 33.3 Å². The Labute approximate surface area is 640 Å². The molecule has 0 saturated carbocycles. The van der Waals surface area contributed by atoms with Gasteiger partial charge in [-0.2, -0.15) is 0 Å². The topological polar surface area (TPSA) is 108 Å². The first-order chi connectivity index (χ1) is 50.6. The van der Waals surface area contributed by atoms with Crippen molar-refractivity contribution in [1.29, 1.82) is 0 Å². The minimum Gasteiger partial charge on any atom is -0.477 e. The molecule has 600 valence electrons. The molecule has 9 heteroatoms. The molecule has 0 radical (unpaired) electrons. The zero-order valence-electron chi connectivity index (χ0n) is 69.0. The number of quaternary nitrogens is 1. The summed E-state index contributed by atoms with van der Waals surface area (Å²) in [5.41, 5.74) is 0. The van der Waals surface area contributed by atoms with Crippen molar-refractivity contribution < 1.29 is 42.9 Å². The number of carboxylic acids is 1. The summed E-state index contributed by atoms with van der Waals surface area (Å²) in [5.74, 6) is -1.97. The van der Waals surface area contributed by atoms with Crippen LogP contribution in [0, 0.1) is 0 Å². The van der Waals surface area contributed by atoms with E-state index in [1.807, 2.05) is 21.1 Å². The summed E-state index contributed by atoms with van der Waals surface area (Å²) in [6.07, 6.45) is 114. The fraction of sp³-hybridized carbons (Fsp3) is 0.819. The lowest BCUT2D eigenvalue weighted by Crippen LogP contribution is -2.40. The van der Waals surface area contributed by atoms with Crippen LogP contribution in [0.3, 0.4) is 0 Å². The molecule has 0 fully saturated rings. The molecule has 2 atom stereocenters. The number of rotatable bonds is 84. The Kier molecular flexibility index (Phi) is 81.2. The number of esters is 2. The second-order valence-corrected chi connectivity index (χ2v) is 31.5. The first kappa shape index (κ1) is 99.5. The molecule has 0 aliphatic carbocycles. The van der Waals surface area contributed by atoms with Gasteiger partial charge >= 0.3 is 17.9 Å². The minimum absolute atomic E-state index is 0.177. The zero-order chi connectivity index (χ0) is 74.6. The van der Waals surface area contributed by atoms with Gasteiger partial charge in [0.25, 0.3) is 6.29 Å². The second-order valence-electron chi connectivity index (χ2n) is 31.5. The van der Waals surface area contributed by atoms with Crippen LogP contribution < -0.4 is 0 Å². The predicted octanol–water partition coefficient (Wildman–Crippen LogP) is 29.3. The van der Waals surface area contributed by atoms with Crippen molar-refractivity contribution >= 4 is 17.9 Å². The first-order valence-corrected chi connectivity index (χ1v) is 44.8. The number of aliphatic carboxylic acids is 1.